The molecule has 0 spiro atoms. The smallest absolute Gasteiger partial charge is 0.138 e. The molecule has 1 unspecified atom stereocenters. The molecule has 102 valence electrons. The molecule has 4 heteroatoms. The van der Waals surface area contributed by atoms with Gasteiger partial charge in [-0.15, -0.1) is 0 Å². The third-order valence-electron chi connectivity index (χ3n) is 3.09. The average Bonchev–Trinajstić information content (AvgIpc) is 2.75. The zero-order valence-corrected chi connectivity index (χ0v) is 11.6. The minimum Gasteiger partial charge on any atom is -0.492 e. The SMILES string of the molecule is Cc1noc(C)c1C(C)NCCOc1ccccc1. The Morgan fingerprint density at radius 1 is 1.26 bits per heavy atom. The average molecular weight is 260 g/mol. The van der Waals surface area contributed by atoms with Crippen molar-refractivity contribution in [2.45, 2.75) is 26.8 Å². The maximum Gasteiger partial charge on any atom is 0.138 e. The van der Waals surface area contributed by atoms with Gasteiger partial charge in [0.25, 0.3) is 0 Å². The van der Waals surface area contributed by atoms with Crippen LogP contribution in [0.2, 0.25) is 0 Å². The Hall–Kier alpha value is -1.81. The normalized spacial score (nSPS) is 12.4. The van der Waals surface area contributed by atoms with E-state index >= 15 is 0 Å². The predicted molar refractivity (Wildman–Crippen MR) is 74.3 cm³/mol. The maximum absolute atomic E-state index is 5.63. The Labute approximate surface area is 113 Å². The first-order valence-electron chi connectivity index (χ1n) is 6.52. The third-order valence-corrected chi connectivity index (χ3v) is 3.09. The fourth-order valence-corrected chi connectivity index (χ4v) is 2.17. The van der Waals surface area contributed by atoms with Crippen molar-refractivity contribution in [3.05, 3.63) is 47.3 Å². The summed E-state index contributed by atoms with van der Waals surface area (Å²) in [5.74, 6) is 1.77. The number of benzene rings is 1. The van der Waals surface area contributed by atoms with Crippen LogP contribution in [0.5, 0.6) is 5.75 Å². The summed E-state index contributed by atoms with van der Waals surface area (Å²) >= 11 is 0. The lowest BCUT2D eigenvalue weighted by Crippen LogP contribution is -2.25. The lowest BCUT2D eigenvalue weighted by Gasteiger charge is -2.14. The van der Waals surface area contributed by atoms with Crippen LogP contribution in [-0.4, -0.2) is 18.3 Å². The number of aromatic nitrogens is 1. The number of rotatable bonds is 6. The van der Waals surface area contributed by atoms with Crippen LogP contribution in [0.1, 0.15) is 30.0 Å². The van der Waals surface area contributed by atoms with E-state index in [0.29, 0.717) is 6.61 Å². The van der Waals surface area contributed by atoms with Gasteiger partial charge >= 0.3 is 0 Å². The summed E-state index contributed by atoms with van der Waals surface area (Å²) in [7, 11) is 0. The summed E-state index contributed by atoms with van der Waals surface area (Å²) in [6, 6.07) is 10.0. The Morgan fingerprint density at radius 2 is 2.00 bits per heavy atom. The van der Waals surface area contributed by atoms with Crippen LogP contribution in [-0.2, 0) is 0 Å². The van der Waals surface area contributed by atoms with E-state index in [1.165, 1.54) is 0 Å². The highest BCUT2D eigenvalue weighted by Crippen LogP contribution is 2.20. The lowest BCUT2D eigenvalue weighted by atomic mass is 10.1. The molecule has 0 saturated heterocycles. The summed E-state index contributed by atoms with van der Waals surface area (Å²) < 4.78 is 10.8. The number of aryl methyl sites for hydroxylation is 2. The summed E-state index contributed by atoms with van der Waals surface area (Å²) in [6.45, 7) is 7.42. The summed E-state index contributed by atoms with van der Waals surface area (Å²) in [5.41, 5.74) is 2.08. The molecule has 1 heterocycles. The summed E-state index contributed by atoms with van der Waals surface area (Å²) in [5, 5.41) is 7.38. The minimum absolute atomic E-state index is 0.214. The minimum atomic E-state index is 0.214. The van der Waals surface area contributed by atoms with Crippen molar-refractivity contribution in [2.75, 3.05) is 13.2 Å². The van der Waals surface area contributed by atoms with Gasteiger partial charge < -0.3 is 14.6 Å². The first-order valence-corrected chi connectivity index (χ1v) is 6.52. The Morgan fingerprint density at radius 3 is 2.63 bits per heavy atom. The van der Waals surface area contributed by atoms with Crippen molar-refractivity contribution in [1.29, 1.82) is 0 Å². The van der Waals surface area contributed by atoms with Crippen LogP contribution in [0.25, 0.3) is 0 Å². The van der Waals surface area contributed by atoms with Crippen LogP contribution in [0, 0.1) is 13.8 Å². The molecule has 0 bridgehead atoms. The molecular formula is C15H20N2O2. The molecule has 0 saturated carbocycles. The molecular weight excluding hydrogens is 240 g/mol. The molecule has 2 rings (SSSR count). The number of ether oxygens (including phenoxy) is 1. The van der Waals surface area contributed by atoms with Gasteiger partial charge in [-0.25, -0.2) is 0 Å². The number of hydrogen-bond acceptors (Lipinski definition) is 4. The van der Waals surface area contributed by atoms with Crippen LogP contribution < -0.4 is 10.1 Å². The van der Waals surface area contributed by atoms with Gasteiger partial charge in [-0.1, -0.05) is 23.4 Å². The van der Waals surface area contributed by atoms with Gasteiger partial charge in [0, 0.05) is 18.2 Å². The standard InChI is InChI=1S/C15H20N2O2/c1-11(15-12(2)17-19-13(15)3)16-9-10-18-14-7-5-4-6-8-14/h4-8,11,16H,9-10H2,1-3H3. The first-order chi connectivity index (χ1) is 9.18. The van der Waals surface area contributed by atoms with Crippen molar-refractivity contribution < 1.29 is 9.26 Å². The molecule has 1 atom stereocenters. The molecule has 2 aromatic rings. The van der Waals surface area contributed by atoms with E-state index in [1.807, 2.05) is 44.2 Å². The fraction of sp³-hybridized carbons (Fsp3) is 0.400. The van der Waals surface area contributed by atoms with Crippen LogP contribution >= 0.6 is 0 Å². The largest absolute Gasteiger partial charge is 0.492 e. The third kappa shape index (κ3) is 3.58. The van der Waals surface area contributed by atoms with E-state index in [9.17, 15) is 0 Å². The van der Waals surface area contributed by atoms with Crippen molar-refractivity contribution in [3.63, 3.8) is 0 Å². The Bertz CT molecular complexity index is 489. The van der Waals surface area contributed by atoms with Gasteiger partial charge in [-0.2, -0.15) is 0 Å². The molecule has 0 aliphatic heterocycles. The van der Waals surface area contributed by atoms with Crippen LogP contribution in [0.15, 0.2) is 34.9 Å². The maximum atomic E-state index is 5.63. The molecule has 4 nitrogen and oxygen atoms in total. The molecule has 19 heavy (non-hydrogen) atoms. The fourth-order valence-electron chi connectivity index (χ4n) is 2.17. The molecule has 0 aliphatic carbocycles. The van der Waals surface area contributed by atoms with Gasteiger partial charge in [0.15, 0.2) is 0 Å². The second kappa shape index (κ2) is 6.38. The Balaban J connectivity index is 1.77. The highest BCUT2D eigenvalue weighted by Gasteiger charge is 2.15. The number of nitrogens with zero attached hydrogens (tertiary/aromatic N) is 1. The van der Waals surface area contributed by atoms with Crippen LogP contribution in [0.3, 0.4) is 0 Å². The number of nitrogens with one attached hydrogen (secondary N) is 1. The van der Waals surface area contributed by atoms with E-state index in [0.717, 1.165) is 29.3 Å². The van der Waals surface area contributed by atoms with Gasteiger partial charge in [-0.3, -0.25) is 0 Å². The highest BCUT2D eigenvalue weighted by atomic mass is 16.5. The molecule has 0 fully saturated rings. The molecule has 1 aromatic carbocycles. The van der Waals surface area contributed by atoms with E-state index in [4.69, 9.17) is 9.26 Å². The van der Waals surface area contributed by atoms with Crippen LogP contribution in [0.4, 0.5) is 0 Å². The lowest BCUT2D eigenvalue weighted by molar-refractivity contribution is 0.307. The quantitative estimate of drug-likeness (QED) is 0.811. The van der Waals surface area contributed by atoms with Crippen molar-refractivity contribution in [3.8, 4) is 5.75 Å². The molecule has 0 amide bonds. The summed E-state index contributed by atoms with van der Waals surface area (Å²) in [6.07, 6.45) is 0. The zero-order valence-electron chi connectivity index (χ0n) is 11.6. The molecule has 1 N–H and O–H groups in total. The monoisotopic (exact) mass is 260 g/mol. The summed E-state index contributed by atoms with van der Waals surface area (Å²) in [4.78, 5) is 0. The zero-order chi connectivity index (χ0) is 13.7. The van der Waals surface area contributed by atoms with Gasteiger partial charge in [0.1, 0.15) is 18.1 Å². The predicted octanol–water partition coefficient (Wildman–Crippen LogP) is 3.02. The van der Waals surface area contributed by atoms with E-state index in [1.54, 1.807) is 0 Å². The van der Waals surface area contributed by atoms with E-state index < -0.39 is 0 Å². The molecule has 0 aliphatic rings. The van der Waals surface area contributed by atoms with Crippen molar-refractivity contribution >= 4 is 0 Å². The van der Waals surface area contributed by atoms with E-state index in [-0.39, 0.29) is 6.04 Å². The number of hydrogen-bond donors (Lipinski definition) is 1. The van der Waals surface area contributed by atoms with Crippen molar-refractivity contribution in [1.82, 2.24) is 10.5 Å². The van der Waals surface area contributed by atoms with Gasteiger partial charge in [-0.05, 0) is 32.9 Å². The second-order valence-electron chi connectivity index (χ2n) is 4.58. The highest BCUT2D eigenvalue weighted by molar-refractivity contribution is 5.24. The van der Waals surface area contributed by atoms with E-state index in [2.05, 4.69) is 17.4 Å². The van der Waals surface area contributed by atoms with Crippen molar-refractivity contribution in [2.24, 2.45) is 0 Å². The topological polar surface area (TPSA) is 47.3 Å². The molecule has 0 radical (unpaired) electrons. The van der Waals surface area contributed by atoms with Gasteiger partial charge in [0.05, 0.1) is 5.69 Å². The first kappa shape index (κ1) is 13.6. The number of para-hydroxylation sites is 1. The van der Waals surface area contributed by atoms with Gasteiger partial charge in [0.2, 0.25) is 0 Å². The molecule has 1 aromatic heterocycles. The second-order valence-corrected chi connectivity index (χ2v) is 4.58. The Kier molecular flexibility index (Phi) is 4.58.